The molecule has 0 spiro atoms. The number of piperazine rings is 1. The molecule has 156 valence electrons. The number of guanidine groups is 1. The number of halogens is 3. The number of carbonyl (C=O) groups is 1. The molecule has 7 nitrogen and oxygen atoms in total. The molecule has 0 unspecified atom stereocenters. The van der Waals surface area contributed by atoms with Crippen LogP contribution < -0.4 is 10.1 Å². The van der Waals surface area contributed by atoms with E-state index in [1.165, 1.54) is 24.5 Å². The molecule has 10 heteroatoms. The lowest BCUT2D eigenvalue weighted by molar-refractivity contribution is -0.0506. The van der Waals surface area contributed by atoms with E-state index in [0.29, 0.717) is 32.1 Å². The second kappa shape index (κ2) is 9.35. The zero-order valence-electron chi connectivity index (χ0n) is 15.8. The standard InChI is InChI=1S/C19H21F3N4O3/c1-23-19(24-12-13-14(20)4-2-5-15(13)29-18(21)22)26-9-7-25(8-10-26)17(27)16-6-3-11-28-16/h2-6,11,18H,7-10,12H2,1H3,(H,23,24). The number of aliphatic imine (C=N–C) groups is 1. The van der Waals surface area contributed by atoms with Crippen LogP contribution in [-0.2, 0) is 6.54 Å². The fourth-order valence-corrected chi connectivity index (χ4v) is 3.09. The molecule has 0 saturated carbocycles. The van der Waals surface area contributed by atoms with Crippen LogP contribution in [0.3, 0.4) is 0 Å². The highest BCUT2D eigenvalue weighted by atomic mass is 19.3. The van der Waals surface area contributed by atoms with Gasteiger partial charge in [0, 0.05) is 45.3 Å². The van der Waals surface area contributed by atoms with Crippen molar-refractivity contribution in [3.8, 4) is 5.75 Å². The summed E-state index contributed by atoms with van der Waals surface area (Å²) in [6.07, 6.45) is 1.45. The largest absolute Gasteiger partial charge is 0.459 e. The van der Waals surface area contributed by atoms with Gasteiger partial charge in [-0.1, -0.05) is 6.07 Å². The van der Waals surface area contributed by atoms with E-state index < -0.39 is 12.4 Å². The van der Waals surface area contributed by atoms with Crippen LogP contribution in [0.2, 0.25) is 0 Å². The van der Waals surface area contributed by atoms with E-state index in [9.17, 15) is 18.0 Å². The summed E-state index contributed by atoms with van der Waals surface area (Å²) in [6.45, 7) is -1.20. The first-order valence-electron chi connectivity index (χ1n) is 9.00. The van der Waals surface area contributed by atoms with Crippen LogP contribution in [-0.4, -0.2) is 61.5 Å². The summed E-state index contributed by atoms with van der Waals surface area (Å²) >= 11 is 0. The third-order valence-corrected chi connectivity index (χ3v) is 4.53. The van der Waals surface area contributed by atoms with Crippen LogP contribution in [0.4, 0.5) is 13.2 Å². The van der Waals surface area contributed by atoms with Gasteiger partial charge >= 0.3 is 6.61 Å². The molecule has 1 amide bonds. The maximum absolute atomic E-state index is 14.1. The fraction of sp³-hybridized carbons (Fsp3) is 0.368. The summed E-state index contributed by atoms with van der Waals surface area (Å²) in [5.74, 6) is -0.303. The molecule has 1 aromatic carbocycles. The predicted octanol–water partition coefficient (Wildman–Crippen LogP) is 2.55. The molecule has 0 radical (unpaired) electrons. The van der Waals surface area contributed by atoms with Gasteiger partial charge < -0.3 is 24.3 Å². The Morgan fingerprint density at radius 2 is 1.93 bits per heavy atom. The monoisotopic (exact) mass is 410 g/mol. The van der Waals surface area contributed by atoms with Gasteiger partial charge in [0.2, 0.25) is 0 Å². The van der Waals surface area contributed by atoms with E-state index in [4.69, 9.17) is 4.42 Å². The zero-order valence-corrected chi connectivity index (χ0v) is 15.8. The molecule has 2 heterocycles. The molecule has 0 aliphatic carbocycles. The minimum absolute atomic E-state index is 0.0133. The molecule has 1 saturated heterocycles. The molecule has 1 aliphatic heterocycles. The van der Waals surface area contributed by atoms with Crippen molar-refractivity contribution in [2.24, 2.45) is 4.99 Å². The second-order valence-electron chi connectivity index (χ2n) is 6.25. The van der Waals surface area contributed by atoms with Gasteiger partial charge in [-0.3, -0.25) is 9.79 Å². The minimum Gasteiger partial charge on any atom is -0.459 e. The molecular formula is C19H21F3N4O3. The van der Waals surface area contributed by atoms with E-state index in [1.54, 1.807) is 24.1 Å². The molecule has 1 N–H and O–H groups in total. The van der Waals surface area contributed by atoms with Crippen molar-refractivity contribution in [3.63, 3.8) is 0 Å². The highest BCUT2D eigenvalue weighted by Crippen LogP contribution is 2.23. The maximum atomic E-state index is 14.1. The normalized spacial score (nSPS) is 15.0. The summed E-state index contributed by atoms with van der Waals surface area (Å²) in [5, 5.41) is 2.97. The number of hydrogen-bond donors (Lipinski definition) is 1. The molecule has 0 atom stereocenters. The molecule has 2 aromatic rings. The Kier molecular flexibility index (Phi) is 6.63. The van der Waals surface area contributed by atoms with Gasteiger partial charge in [0.1, 0.15) is 11.6 Å². The van der Waals surface area contributed by atoms with Gasteiger partial charge in [-0.2, -0.15) is 8.78 Å². The van der Waals surface area contributed by atoms with E-state index in [1.807, 2.05) is 4.90 Å². The Morgan fingerprint density at radius 3 is 2.55 bits per heavy atom. The van der Waals surface area contributed by atoms with Gasteiger partial charge in [-0.15, -0.1) is 0 Å². The number of benzene rings is 1. The summed E-state index contributed by atoms with van der Waals surface area (Å²) < 4.78 is 48.7. The topological polar surface area (TPSA) is 70.3 Å². The number of alkyl halides is 2. The Labute approximate surface area is 165 Å². The molecule has 0 bridgehead atoms. The van der Waals surface area contributed by atoms with E-state index >= 15 is 0 Å². The first-order chi connectivity index (χ1) is 14.0. The average molecular weight is 410 g/mol. The highest BCUT2D eigenvalue weighted by Gasteiger charge is 2.25. The number of furan rings is 1. The number of ether oxygens (including phenoxy) is 1. The SMILES string of the molecule is CN=C(NCc1c(F)cccc1OC(F)F)N1CCN(C(=O)c2ccco2)CC1. The predicted molar refractivity (Wildman–Crippen MR) is 99.4 cm³/mol. The lowest BCUT2D eigenvalue weighted by Crippen LogP contribution is -2.53. The highest BCUT2D eigenvalue weighted by molar-refractivity contribution is 5.91. The van der Waals surface area contributed by atoms with Crippen LogP contribution in [0.15, 0.2) is 46.0 Å². The number of rotatable bonds is 5. The van der Waals surface area contributed by atoms with Crippen LogP contribution in [0.1, 0.15) is 16.1 Å². The lowest BCUT2D eigenvalue weighted by Gasteiger charge is -2.36. The summed E-state index contributed by atoms with van der Waals surface area (Å²) in [4.78, 5) is 20.1. The summed E-state index contributed by atoms with van der Waals surface area (Å²) in [7, 11) is 1.57. The number of hydrogen-bond acceptors (Lipinski definition) is 4. The molecule has 1 aliphatic rings. The van der Waals surface area contributed by atoms with Gasteiger partial charge in [0.05, 0.1) is 6.26 Å². The number of nitrogens with zero attached hydrogens (tertiary/aromatic N) is 3. The van der Waals surface area contributed by atoms with Gasteiger partial charge in [0.15, 0.2) is 11.7 Å². The third-order valence-electron chi connectivity index (χ3n) is 4.53. The van der Waals surface area contributed by atoms with Crippen molar-refractivity contribution >= 4 is 11.9 Å². The average Bonchev–Trinajstić information content (AvgIpc) is 3.24. The van der Waals surface area contributed by atoms with Gasteiger partial charge in [0.25, 0.3) is 5.91 Å². The number of amides is 1. The van der Waals surface area contributed by atoms with Crippen LogP contribution in [0, 0.1) is 5.82 Å². The molecule has 3 rings (SSSR count). The van der Waals surface area contributed by atoms with Crippen LogP contribution >= 0.6 is 0 Å². The minimum atomic E-state index is -3.05. The molecule has 29 heavy (non-hydrogen) atoms. The first-order valence-corrected chi connectivity index (χ1v) is 9.00. The second-order valence-corrected chi connectivity index (χ2v) is 6.25. The first kappa shape index (κ1) is 20.6. The van der Waals surface area contributed by atoms with Gasteiger partial charge in [-0.25, -0.2) is 4.39 Å². The molecule has 1 aromatic heterocycles. The maximum Gasteiger partial charge on any atom is 0.387 e. The van der Waals surface area contributed by atoms with Crippen molar-refractivity contribution in [3.05, 3.63) is 53.7 Å². The van der Waals surface area contributed by atoms with E-state index in [-0.39, 0.29) is 29.5 Å². The molecular weight excluding hydrogens is 389 g/mol. The van der Waals surface area contributed by atoms with Crippen LogP contribution in [0.25, 0.3) is 0 Å². The van der Waals surface area contributed by atoms with Crippen LogP contribution in [0.5, 0.6) is 5.75 Å². The molecule has 1 fully saturated rings. The van der Waals surface area contributed by atoms with Crippen molar-refractivity contribution in [1.29, 1.82) is 0 Å². The number of nitrogens with one attached hydrogen (secondary N) is 1. The Hall–Kier alpha value is -3.17. The van der Waals surface area contributed by atoms with Crippen molar-refractivity contribution < 1.29 is 27.1 Å². The smallest absolute Gasteiger partial charge is 0.387 e. The Bertz CT molecular complexity index is 850. The summed E-state index contributed by atoms with van der Waals surface area (Å²) in [6, 6.07) is 7.04. The van der Waals surface area contributed by atoms with E-state index in [0.717, 1.165) is 0 Å². The van der Waals surface area contributed by atoms with Gasteiger partial charge in [-0.05, 0) is 24.3 Å². The Morgan fingerprint density at radius 1 is 1.21 bits per heavy atom. The third kappa shape index (κ3) is 5.01. The number of carbonyl (C=O) groups excluding carboxylic acids is 1. The zero-order chi connectivity index (χ0) is 20.8. The van der Waals surface area contributed by atoms with Crippen molar-refractivity contribution in [2.75, 3.05) is 33.2 Å². The summed E-state index contributed by atoms with van der Waals surface area (Å²) in [5.41, 5.74) is -0.0133. The Balaban J connectivity index is 1.59. The quantitative estimate of drug-likeness (QED) is 0.606. The fourth-order valence-electron chi connectivity index (χ4n) is 3.09. The van der Waals surface area contributed by atoms with Crippen molar-refractivity contribution in [1.82, 2.24) is 15.1 Å². The van der Waals surface area contributed by atoms with E-state index in [2.05, 4.69) is 15.0 Å². The van der Waals surface area contributed by atoms with Crippen molar-refractivity contribution in [2.45, 2.75) is 13.2 Å². The lowest BCUT2D eigenvalue weighted by atomic mass is 10.2.